The van der Waals surface area contributed by atoms with Crippen molar-refractivity contribution in [2.24, 2.45) is 0 Å². The first-order valence-corrected chi connectivity index (χ1v) is 6.32. The van der Waals surface area contributed by atoms with Gasteiger partial charge in [-0.2, -0.15) is 5.26 Å². The van der Waals surface area contributed by atoms with E-state index in [4.69, 9.17) is 5.26 Å². The van der Waals surface area contributed by atoms with Gasteiger partial charge in [-0.05, 0) is 30.5 Å². The highest BCUT2D eigenvalue weighted by molar-refractivity contribution is 7.98. The van der Waals surface area contributed by atoms with Crippen LogP contribution in [0.15, 0.2) is 47.5 Å². The Bertz CT molecular complexity index is 561. The predicted octanol–water partition coefficient (Wildman–Crippen LogP) is 3.42. The molecular formula is C13H11N3S. The highest BCUT2D eigenvalue weighted by Crippen LogP contribution is 2.27. The second-order valence-electron chi connectivity index (χ2n) is 3.37. The first-order valence-electron chi connectivity index (χ1n) is 5.09. The molecule has 0 unspecified atom stereocenters. The lowest BCUT2D eigenvalue weighted by Gasteiger charge is -2.09. The van der Waals surface area contributed by atoms with Crippen molar-refractivity contribution in [3.05, 3.63) is 48.2 Å². The molecule has 0 amide bonds. The molecule has 0 fully saturated rings. The molecule has 0 bridgehead atoms. The van der Waals surface area contributed by atoms with E-state index in [1.165, 1.54) is 0 Å². The van der Waals surface area contributed by atoms with Gasteiger partial charge in [0.05, 0.1) is 17.3 Å². The highest BCUT2D eigenvalue weighted by atomic mass is 32.2. The van der Waals surface area contributed by atoms with E-state index in [1.54, 1.807) is 30.1 Å². The molecule has 1 heterocycles. The Balaban J connectivity index is 2.28. The monoisotopic (exact) mass is 241 g/mol. The summed E-state index contributed by atoms with van der Waals surface area (Å²) >= 11 is 1.67. The third-order valence-corrected chi connectivity index (χ3v) is 3.05. The summed E-state index contributed by atoms with van der Waals surface area (Å²) in [4.78, 5) is 5.34. The Kier molecular flexibility index (Phi) is 3.63. The van der Waals surface area contributed by atoms with E-state index < -0.39 is 0 Å². The fraction of sp³-hybridized carbons (Fsp3) is 0.0769. The minimum Gasteiger partial charge on any atom is -0.339 e. The average molecular weight is 241 g/mol. The van der Waals surface area contributed by atoms with Crippen molar-refractivity contribution >= 4 is 23.3 Å². The number of anilines is 2. The van der Waals surface area contributed by atoms with Gasteiger partial charge in [-0.15, -0.1) is 11.8 Å². The maximum atomic E-state index is 8.82. The van der Waals surface area contributed by atoms with Crippen LogP contribution in [-0.4, -0.2) is 11.2 Å². The molecule has 0 spiro atoms. The number of pyridine rings is 1. The molecule has 0 aliphatic carbocycles. The van der Waals surface area contributed by atoms with Crippen LogP contribution in [0.1, 0.15) is 5.56 Å². The summed E-state index contributed by atoms with van der Waals surface area (Å²) in [7, 11) is 0. The molecule has 0 aliphatic rings. The summed E-state index contributed by atoms with van der Waals surface area (Å²) in [5, 5.41) is 12.0. The maximum absolute atomic E-state index is 8.82. The van der Waals surface area contributed by atoms with E-state index in [0.29, 0.717) is 11.4 Å². The van der Waals surface area contributed by atoms with Crippen LogP contribution in [0.25, 0.3) is 0 Å². The van der Waals surface area contributed by atoms with Gasteiger partial charge in [0, 0.05) is 11.1 Å². The second kappa shape index (κ2) is 5.37. The zero-order valence-corrected chi connectivity index (χ0v) is 10.2. The summed E-state index contributed by atoms with van der Waals surface area (Å²) in [6, 6.07) is 13.5. The number of rotatable bonds is 3. The minimum atomic E-state index is 0.601. The van der Waals surface area contributed by atoms with E-state index in [0.717, 1.165) is 10.6 Å². The number of nitriles is 1. The largest absolute Gasteiger partial charge is 0.339 e. The Morgan fingerprint density at radius 1 is 1.29 bits per heavy atom. The van der Waals surface area contributed by atoms with Gasteiger partial charge in [-0.1, -0.05) is 12.1 Å². The van der Waals surface area contributed by atoms with Gasteiger partial charge in [0.2, 0.25) is 0 Å². The molecule has 1 N–H and O–H groups in total. The van der Waals surface area contributed by atoms with Crippen LogP contribution in [0.4, 0.5) is 11.5 Å². The molecular weight excluding hydrogens is 230 g/mol. The van der Waals surface area contributed by atoms with Crippen molar-refractivity contribution < 1.29 is 0 Å². The molecule has 0 saturated carbocycles. The number of para-hydroxylation sites is 1. The molecule has 0 radical (unpaired) electrons. The molecule has 2 rings (SSSR count). The van der Waals surface area contributed by atoms with E-state index >= 15 is 0 Å². The van der Waals surface area contributed by atoms with Crippen LogP contribution in [0, 0.1) is 11.3 Å². The molecule has 0 atom stereocenters. The van der Waals surface area contributed by atoms with Crippen molar-refractivity contribution in [3.8, 4) is 6.07 Å². The summed E-state index contributed by atoms with van der Waals surface area (Å²) in [6.45, 7) is 0. The standard InChI is InChI=1S/C13H11N3S/c1-17-12-5-3-2-4-11(12)16-13-8-10(9-14)6-7-15-13/h2-8H,1H3,(H,15,16). The topological polar surface area (TPSA) is 48.7 Å². The molecule has 0 aliphatic heterocycles. The third-order valence-electron chi connectivity index (χ3n) is 2.26. The number of nitrogens with one attached hydrogen (secondary N) is 1. The number of benzene rings is 1. The molecule has 1 aromatic carbocycles. The molecule has 84 valence electrons. The summed E-state index contributed by atoms with van der Waals surface area (Å²) in [5.41, 5.74) is 1.60. The van der Waals surface area contributed by atoms with Gasteiger partial charge in [0.15, 0.2) is 0 Å². The molecule has 0 saturated heterocycles. The molecule has 1 aromatic heterocycles. The molecule has 4 heteroatoms. The van der Waals surface area contributed by atoms with Crippen LogP contribution in [0.5, 0.6) is 0 Å². The lowest BCUT2D eigenvalue weighted by Crippen LogP contribution is -1.95. The predicted molar refractivity (Wildman–Crippen MR) is 70.5 cm³/mol. The Hall–Kier alpha value is -1.99. The van der Waals surface area contributed by atoms with Crippen molar-refractivity contribution in [1.82, 2.24) is 4.98 Å². The Morgan fingerprint density at radius 3 is 2.88 bits per heavy atom. The number of aromatic nitrogens is 1. The number of thioether (sulfide) groups is 1. The van der Waals surface area contributed by atoms with Crippen molar-refractivity contribution in [2.75, 3.05) is 11.6 Å². The van der Waals surface area contributed by atoms with Crippen LogP contribution < -0.4 is 5.32 Å². The smallest absolute Gasteiger partial charge is 0.131 e. The maximum Gasteiger partial charge on any atom is 0.131 e. The summed E-state index contributed by atoms with van der Waals surface area (Å²) in [5.74, 6) is 0.686. The zero-order valence-electron chi connectivity index (χ0n) is 9.34. The van der Waals surface area contributed by atoms with Gasteiger partial charge < -0.3 is 5.32 Å². The second-order valence-corrected chi connectivity index (χ2v) is 4.21. The fourth-order valence-corrected chi connectivity index (χ4v) is 2.01. The average Bonchev–Trinajstić information content (AvgIpc) is 2.39. The number of hydrogen-bond donors (Lipinski definition) is 1. The van der Waals surface area contributed by atoms with Crippen molar-refractivity contribution in [1.29, 1.82) is 5.26 Å². The highest BCUT2D eigenvalue weighted by Gasteiger charge is 2.02. The molecule has 2 aromatic rings. The van der Waals surface area contributed by atoms with Gasteiger partial charge in [-0.25, -0.2) is 4.98 Å². The molecule has 3 nitrogen and oxygen atoms in total. The van der Waals surface area contributed by atoms with Crippen LogP contribution in [-0.2, 0) is 0 Å². The fourth-order valence-electron chi connectivity index (χ4n) is 1.45. The van der Waals surface area contributed by atoms with Crippen LogP contribution >= 0.6 is 11.8 Å². The SMILES string of the molecule is CSc1ccccc1Nc1cc(C#N)ccn1. The lowest BCUT2D eigenvalue weighted by atomic mass is 10.2. The van der Waals surface area contributed by atoms with Gasteiger partial charge >= 0.3 is 0 Å². The number of hydrogen-bond acceptors (Lipinski definition) is 4. The zero-order chi connectivity index (χ0) is 12.1. The number of nitrogens with zero attached hydrogens (tertiary/aromatic N) is 2. The first-order chi connectivity index (χ1) is 8.33. The normalized spacial score (nSPS) is 9.65. The Labute approximate surface area is 105 Å². The van der Waals surface area contributed by atoms with E-state index in [1.807, 2.05) is 30.5 Å². The van der Waals surface area contributed by atoms with Gasteiger partial charge in [0.1, 0.15) is 5.82 Å². The van der Waals surface area contributed by atoms with E-state index in [-0.39, 0.29) is 0 Å². The lowest BCUT2D eigenvalue weighted by molar-refractivity contribution is 1.28. The van der Waals surface area contributed by atoms with E-state index in [9.17, 15) is 0 Å². The summed E-state index contributed by atoms with van der Waals surface area (Å²) < 4.78 is 0. The molecule has 17 heavy (non-hydrogen) atoms. The summed E-state index contributed by atoms with van der Waals surface area (Å²) in [6.07, 6.45) is 3.65. The minimum absolute atomic E-state index is 0.601. The van der Waals surface area contributed by atoms with Gasteiger partial charge in [0.25, 0.3) is 0 Å². The van der Waals surface area contributed by atoms with Crippen LogP contribution in [0.3, 0.4) is 0 Å². The quantitative estimate of drug-likeness (QED) is 0.836. The van der Waals surface area contributed by atoms with Crippen molar-refractivity contribution in [2.45, 2.75) is 4.90 Å². The third kappa shape index (κ3) is 2.77. The van der Waals surface area contributed by atoms with Crippen molar-refractivity contribution in [3.63, 3.8) is 0 Å². The Morgan fingerprint density at radius 2 is 2.12 bits per heavy atom. The van der Waals surface area contributed by atoms with Gasteiger partial charge in [-0.3, -0.25) is 0 Å². The van der Waals surface area contributed by atoms with Crippen LogP contribution in [0.2, 0.25) is 0 Å². The van der Waals surface area contributed by atoms with E-state index in [2.05, 4.69) is 16.4 Å². The first kappa shape index (κ1) is 11.5.